The molecule has 0 unspecified atom stereocenters. The quantitative estimate of drug-likeness (QED) is 0.719. The summed E-state index contributed by atoms with van der Waals surface area (Å²) in [4.78, 5) is 37.9. The van der Waals surface area contributed by atoms with E-state index in [1.165, 1.54) is 11.8 Å². The Hall–Kier alpha value is -3.35. The van der Waals surface area contributed by atoms with Gasteiger partial charge in [0.25, 0.3) is 5.91 Å². The Bertz CT molecular complexity index is 897. The predicted molar refractivity (Wildman–Crippen MR) is 107 cm³/mol. The monoisotopic (exact) mass is 381 g/mol. The number of ether oxygens (including phenoxy) is 1. The maximum atomic E-state index is 12.9. The first kappa shape index (κ1) is 19.4. The molecule has 1 aliphatic rings. The maximum absolute atomic E-state index is 12.9. The van der Waals surface area contributed by atoms with Crippen LogP contribution >= 0.6 is 0 Å². The fourth-order valence-corrected chi connectivity index (χ4v) is 3.06. The second-order valence-electron chi connectivity index (χ2n) is 6.55. The molecular formula is C21H23N3O4. The number of hydrogen-bond donors (Lipinski definition) is 2. The topological polar surface area (TPSA) is 87.7 Å². The van der Waals surface area contributed by atoms with Crippen LogP contribution in [-0.2, 0) is 14.4 Å². The highest BCUT2D eigenvalue weighted by Crippen LogP contribution is 2.33. The number of nitrogens with zero attached hydrogens (tertiary/aromatic N) is 1. The van der Waals surface area contributed by atoms with E-state index in [-0.39, 0.29) is 24.1 Å². The van der Waals surface area contributed by atoms with Crippen molar-refractivity contribution in [3.05, 3.63) is 48.5 Å². The van der Waals surface area contributed by atoms with Crippen molar-refractivity contribution in [2.24, 2.45) is 0 Å². The largest absolute Gasteiger partial charge is 0.491 e. The highest BCUT2D eigenvalue weighted by atomic mass is 16.5. The second-order valence-corrected chi connectivity index (χ2v) is 6.55. The van der Waals surface area contributed by atoms with Crippen molar-refractivity contribution in [1.29, 1.82) is 0 Å². The number of carbonyl (C=O) groups excluding carboxylic acids is 3. The maximum Gasteiger partial charge on any atom is 0.256 e. The van der Waals surface area contributed by atoms with Crippen LogP contribution in [-0.4, -0.2) is 30.4 Å². The van der Waals surface area contributed by atoms with Crippen LogP contribution in [0.1, 0.15) is 26.7 Å². The molecule has 0 spiro atoms. The number of carbonyl (C=O) groups is 3. The van der Waals surface area contributed by atoms with Gasteiger partial charge in [-0.1, -0.05) is 25.1 Å². The fraction of sp³-hybridized carbons (Fsp3) is 0.286. The molecule has 3 rings (SSSR count). The van der Waals surface area contributed by atoms with Gasteiger partial charge < -0.3 is 15.4 Å². The molecule has 3 amide bonds. The van der Waals surface area contributed by atoms with E-state index in [0.29, 0.717) is 29.4 Å². The summed E-state index contributed by atoms with van der Waals surface area (Å²) in [6, 6.07) is 13.4. The van der Waals surface area contributed by atoms with Crippen LogP contribution < -0.4 is 20.3 Å². The molecule has 2 aromatic rings. The Balaban J connectivity index is 1.78. The van der Waals surface area contributed by atoms with Crippen LogP contribution in [0.25, 0.3) is 0 Å². The molecule has 28 heavy (non-hydrogen) atoms. The van der Waals surface area contributed by atoms with Crippen molar-refractivity contribution in [3.8, 4) is 5.75 Å². The minimum atomic E-state index is -0.681. The molecule has 7 nitrogen and oxygen atoms in total. The number of nitrogens with one attached hydrogen (secondary N) is 2. The molecule has 1 atom stereocenters. The van der Waals surface area contributed by atoms with E-state index in [4.69, 9.17) is 4.74 Å². The molecule has 2 aromatic carbocycles. The first-order valence-corrected chi connectivity index (χ1v) is 9.22. The molecule has 0 saturated carbocycles. The molecule has 1 saturated heterocycles. The summed E-state index contributed by atoms with van der Waals surface area (Å²) in [5.41, 5.74) is 1.72. The first-order chi connectivity index (χ1) is 13.5. The van der Waals surface area contributed by atoms with Crippen LogP contribution in [0, 0.1) is 0 Å². The van der Waals surface area contributed by atoms with E-state index in [9.17, 15) is 14.4 Å². The van der Waals surface area contributed by atoms with Crippen molar-refractivity contribution < 1.29 is 19.1 Å². The lowest BCUT2D eigenvalue weighted by Gasteiger charge is -2.19. The predicted octanol–water partition coefficient (Wildman–Crippen LogP) is 3.18. The van der Waals surface area contributed by atoms with Gasteiger partial charge in [-0.2, -0.15) is 0 Å². The minimum Gasteiger partial charge on any atom is -0.491 e. The Labute approximate surface area is 163 Å². The number of anilines is 3. The van der Waals surface area contributed by atoms with Gasteiger partial charge in [0.2, 0.25) is 11.8 Å². The summed E-state index contributed by atoms with van der Waals surface area (Å²) in [6.45, 7) is 3.92. The molecule has 2 N–H and O–H groups in total. The van der Waals surface area contributed by atoms with Crippen molar-refractivity contribution >= 4 is 34.8 Å². The third-order valence-electron chi connectivity index (χ3n) is 4.24. The van der Waals surface area contributed by atoms with Crippen molar-refractivity contribution in [2.45, 2.75) is 32.7 Å². The average Bonchev–Trinajstić information content (AvgIpc) is 2.93. The molecule has 0 aromatic heterocycles. The van der Waals surface area contributed by atoms with Gasteiger partial charge in [0.1, 0.15) is 11.8 Å². The smallest absolute Gasteiger partial charge is 0.256 e. The Morgan fingerprint density at radius 2 is 1.89 bits per heavy atom. The summed E-state index contributed by atoms with van der Waals surface area (Å²) in [7, 11) is 0. The number of imide groups is 1. The summed E-state index contributed by atoms with van der Waals surface area (Å²) in [5, 5.41) is 5.79. The molecule has 7 heteroatoms. The summed E-state index contributed by atoms with van der Waals surface area (Å²) in [5.74, 6) is -0.283. The fourth-order valence-electron chi connectivity index (χ4n) is 3.06. The lowest BCUT2D eigenvalue weighted by molar-refractivity contribution is -0.121. The highest BCUT2D eigenvalue weighted by molar-refractivity contribution is 6.23. The Morgan fingerprint density at radius 3 is 2.64 bits per heavy atom. The Morgan fingerprint density at radius 1 is 1.14 bits per heavy atom. The van der Waals surface area contributed by atoms with Crippen molar-refractivity contribution in [2.75, 3.05) is 22.1 Å². The van der Waals surface area contributed by atoms with E-state index < -0.39 is 6.04 Å². The highest BCUT2D eigenvalue weighted by Gasteiger charge is 2.40. The summed E-state index contributed by atoms with van der Waals surface area (Å²) < 4.78 is 5.69. The zero-order chi connectivity index (χ0) is 20.1. The van der Waals surface area contributed by atoms with Crippen LogP contribution in [0.2, 0.25) is 0 Å². The van der Waals surface area contributed by atoms with Gasteiger partial charge in [0.15, 0.2) is 0 Å². The lowest BCUT2D eigenvalue weighted by Crippen LogP contribution is -2.35. The lowest BCUT2D eigenvalue weighted by atomic mass is 10.2. The number of rotatable bonds is 7. The molecule has 0 aliphatic carbocycles. The number of amides is 3. The SMILES string of the molecule is CCCOc1ccccc1N1C(=O)C[C@@H](Nc2cccc(NC(C)=O)c2)C1=O. The van der Waals surface area contributed by atoms with Gasteiger partial charge in [-0.05, 0) is 36.8 Å². The molecule has 0 radical (unpaired) electrons. The molecule has 1 fully saturated rings. The van der Waals surface area contributed by atoms with Gasteiger partial charge in [-0.3, -0.25) is 14.4 Å². The van der Waals surface area contributed by atoms with Gasteiger partial charge in [0, 0.05) is 18.3 Å². The molecule has 1 aliphatic heterocycles. The molecular weight excluding hydrogens is 358 g/mol. The normalized spacial score (nSPS) is 16.2. The second kappa shape index (κ2) is 8.56. The zero-order valence-electron chi connectivity index (χ0n) is 15.9. The summed E-state index contributed by atoms with van der Waals surface area (Å²) >= 11 is 0. The first-order valence-electron chi connectivity index (χ1n) is 9.22. The van der Waals surface area contributed by atoms with Gasteiger partial charge in [-0.25, -0.2) is 4.90 Å². The van der Waals surface area contributed by atoms with Crippen molar-refractivity contribution in [3.63, 3.8) is 0 Å². The third-order valence-corrected chi connectivity index (χ3v) is 4.24. The van der Waals surface area contributed by atoms with Gasteiger partial charge >= 0.3 is 0 Å². The minimum absolute atomic E-state index is 0.0469. The van der Waals surface area contributed by atoms with Gasteiger partial charge in [0.05, 0.1) is 18.7 Å². The van der Waals surface area contributed by atoms with E-state index in [1.807, 2.05) is 13.0 Å². The number of hydrogen-bond acceptors (Lipinski definition) is 5. The van der Waals surface area contributed by atoms with Crippen LogP contribution in [0.4, 0.5) is 17.1 Å². The van der Waals surface area contributed by atoms with E-state index in [1.54, 1.807) is 42.5 Å². The molecule has 146 valence electrons. The van der Waals surface area contributed by atoms with Crippen LogP contribution in [0.3, 0.4) is 0 Å². The van der Waals surface area contributed by atoms with E-state index in [2.05, 4.69) is 10.6 Å². The third kappa shape index (κ3) is 4.31. The standard InChI is InChI=1S/C21H23N3O4/c1-3-11-28-19-10-5-4-9-18(19)24-20(26)13-17(21(24)27)23-16-8-6-7-15(12-16)22-14(2)25/h4-10,12,17,23H,3,11,13H2,1-2H3,(H,22,25)/t17-/m1/s1. The zero-order valence-corrected chi connectivity index (χ0v) is 15.9. The van der Waals surface area contributed by atoms with E-state index in [0.717, 1.165) is 6.42 Å². The number of benzene rings is 2. The van der Waals surface area contributed by atoms with Crippen LogP contribution in [0.15, 0.2) is 48.5 Å². The number of para-hydroxylation sites is 2. The summed E-state index contributed by atoms with van der Waals surface area (Å²) in [6.07, 6.45) is 0.871. The average molecular weight is 381 g/mol. The van der Waals surface area contributed by atoms with Crippen molar-refractivity contribution in [1.82, 2.24) is 0 Å². The molecule has 0 bridgehead atoms. The van der Waals surface area contributed by atoms with E-state index >= 15 is 0 Å². The van der Waals surface area contributed by atoms with Gasteiger partial charge in [-0.15, -0.1) is 0 Å². The van der Waals surface area contributed by atoms with Crippen LogP contribution in [0.5, 0.6) is 5.75 Å². The Kier molecular flexibility index (Phi) is 5.93. The molecule has 1 heterocycles.